The summed E-state index contributed by atoms with van der Waals surface area (Å²) in [7, 11) is -3.42. The summed E-state index contributed by atoms with van der Waals surface area (Å²) in [5.41, 5.74) is 1.66. The van der Waals surface area contributed by atoms with Crippen molar-refractivity contribution in [3.63, 3.8) is 0 Å². The Balaban J connectivity index is 1.41. The minimum absolute atomic E-state index is 0.0140. The van der Waals surface area contributed by atoms with Crippen LogP contribution in [0.2, 0.25) is 0 Å². The Kier molecular flexibility index (Phi) is 6.00. The highest BCUT2D eigenvalue weighted by atomic mass is 32.2. The second kappa shape index (κ2) is 8.70. The third kappa shape index (κ3) is 4.30. The van der Waals surface area contributed by atoms with E-state index in [9.17, 15) is 18.0 Å². The zero-order valence-electron chi connectivity index (χ0n) is 17.3. The monoisotopic (exact) mass is 441 g/mol. The van der Waals surface area contributed by atoms with Crippen molar-refractivity contribution in [3.8, 4) is 0 Å². The summed E-state index contributed by atoms with van der Waals surface area (Å²) in [5.74, 6) is -0.846. The largest absolute Gasteiger partial charge is 0.334 e. The molecule has 2 saturated heterocycles. The van der Waals surface area contributed by atoms with Crippen molar-refractivity contribution in [2.45, 2.75) is 30.6 Å². The molecular weight excluding hydrogens is 414 g/mol. The summed E-state index contributed by atoms with van der Waals surface area (Å²) in [6.07, 6.45) is 0.878. The highest BCUT2D eigenvalue weighted by Crippen LogP contribution is 2.45. The number of hydrogen-bond acceptors (Lipinski definition) is 4. The first kappa shape index (κ1) is 21.4. The second-order valence-corrected chi connectivity index (χ2v) is 10.7. The van der Waals surface area contributed by atoms with E-state index in [1.165, 1.54) is 0 Å². The zero-order chi connectivity index (χ0) is 21.9. The number of likely N-dealkylation sites (tertiary alicyclic amines) is 1. The molecule has 0 aliphatic carbocycles. The van der Waals surface area contributed by atoms with Gasteiger partial charge < -0.3 is 15.5 Å². The molecule has 2 aromatic carbocycles. The van der Waals surface area contributed by atoms with Gasteiger partial charge in [0.1, 0.15) is 0 Å². The van der Waals surface area contributed by atoms with Crippen LogP contribution in [-0.4, -0.2) is 48.8 Å². The van der Waals surface area contributed by atoms with Crippen LogP contribution in [0.25, 0.3) is 0 Å². The van der Waals surface area contributed by atoms with Crippen LogP contribution in [-0.2, 0) is 21.2 Å². The van der Waals surface area contributed by atoms with E-state index in [0.29, 0.717) is 31.7 Å². The topological polar surface area (TPSA) is 95.6 Å². The molecule has 0 aromatic heterocycles. The fourth-order valence-corrected chi connectivity index (χ4v) is 7.13. The third-order valence-electron chi connectivity index (χ3n) is 6.47. The number of anilines is 1. The first-order chi connectivity index (χ1) is 14.9. The summed E-state index contributed by atoms with van der Waals surface area (Å²) in [6.45, 7) is 1.05. The number of nitrogens with zero attached hydrogens (tertiary/aromatic N) is 1. The highest BCUT2D eigenvalue weighted by Gasteiger charge is 2.58. The molecule has 1 atom stereocenters. The molecule has 2 aliphatic rings. The van der Waals surface area contributed by atoms with Gasteiger partial charge in [-0.1, -0.05) is 48.5 Å². The normalized spacial score (nSPS) is 21.5. The van der Waals surface area contributed by atoms with E-state index in [4.69, 9.17) is 0 Å². The first-order valence-electron chi connectivity index (χ1n) is 10.6. The van der Waals surface area contributed by atoms with Crippen molar-refractivity contribution in [3.05, 3.63) is 66.2 Å². The Morgan fingerprint density at radius 2 is 1.58 bits per heavy atom. The SMILES string of the molecule is O=C(Nc1ccccc1)[C@H]1CCS(=O)(=O)C12CCN(C(=O)NCc1ccccc1)CC2. The minimum Gasteiger partial charge on any atom is -0.334 e. The van der Waals surface area contributed by atoms with Crippen molar-refractivity contribution in [2.24, 2.45) is 5.92 Å². The van der Waals surface area contributed by atoms with Gasteiger partial charge in [0, 0.05) is 25.3 Å². The molecule has 2 heterocycles. The molecule has 7 nitrogen and oxygen atoms in total. The van der Waals surface area contributed by atoms with Gasteiger partial charge in [0.2, 0.25) is 5.91 Å². The maximum atomic E-state index is 13.0. The van der Waals surface area contributed by atoms with Gasteiger partial charge in [0.25, 0.3) is 0 Å². The van der Waals surface area contributed by atoms with Gasteiger partial charge in [-0.25, -0.2) is 13.2 Å². The maximum absolute atomic E-state index is 13.0. The van der Waals surface area contributed by atoms with Crippen LogP contribution in [0.1, 0.15) is 24.8 Å². The van der Waals surface area contributed by atoms with Crippen molar-refractivity contribution in [1.29, 1.82) is 0 Å². The lowest BCUT2D eigenvalue weighted by atomic mass is 9.81. The lowest BCUT2D eigenvalue weighted by Crippen LogP contribution is -2.55. The number of carbonyl (C=O) groups excluding carboxylic acids is 2. The summed E-state index contributed by atoms with van der Waals surface area (Å²) in [6, 6.07) is 18.5. The molecule has 2 fully saturated rings. The average Bonchev–Trinajstić information content (AvgIpc) is 3.04. The molecule has 2 N–H and O–H groups in total. The van der Waals surface area contributed by atoms with E-state index >= 15 is 0 Å². The van der Waals surface area contributed by atoms with E-state index in [-0.39, 0.29) is 30.5 Å². The predicted molar refractivity (Wildman–Crippen MR) is 119 cm³/mol. The molecular formula is C23H27N3O4S. The van der Waals surface area contributed by atoms with Gasteiger partial charge in [0.05, 0.1) is 16.4 Å². The molecule has 3 amide bonds. The maximum Gasteiger partial charge on any atom is 0.317 e. The average molecular weight is 442 g/mol. The molecule has 8 heteroatoms. The molecule has 0 unspecified atom stereocenters. The quantitative estimate of drug-likeness (QED) is 0.763. The van der Waals surface area contributed by atoms with E-state index in [0.717, 1.165) is 5.56 Å². The molecule has 0 bridgehead atoms. The minimum atomic E-state index is -3.42. The van der Waals surface area contributed by atoms with E-state index in [1.807, 2.05) is 48.5 Å². The van der Waals surface area contributed by atoms with Gasteiger partial charge in [-0.05, 0) is 37.0 Å². The molecule has 4 rings (SSSR count). The van der Waals surface area contributed by atoms with Gasteiger partial charge in [-0.2, -0.15) is 0 Å². The lowest BCUT2D eigenvalue weighted by molar-refractivity contribution is -0.121. The van der Waals surface area contributed by atoms with Crippen LogP contribution >= 0.6 is 0 Å². The van der Waals surface area contributed by atoms with Crippen LogP contribution in [0.4, 0.5) is 10.5 Å². The summed E-state index contributed by atoms with van der Waals surface area (Å²) in [4.78, 5) is 27.2. The van der Waals surface area contributed by atoms with Crippen molar-refractivity contribution >= 4 is 27.5 Å². The van der Waals surface area contributed by atoms with Crippen LogP contribution in [0.3, 0.4) is 0 Å². The number of carbonyl (C=O) groups is 2. The predicted octanol–water partition coefficient (Wildman–Crippen LogP) is 2.80. The third-order valence-corrected chi connectivity index (χ3v) is 9.18. The number of urea groups is 1. The fraction of sp³-hybridized carbons (Fsp3) is 0.391. The number of para-hydroxylation sites is 1. The Labute approximate surface area is 182 Å². The fourth-order valence-electron chi connectivity index (χ4n) is 4.71. The lowest BCUT2D eigenvalue weighted by Gasteiger charge is -2.41. The van der Waals surface area contributed by atoms with Crippen LogP contribution in [0.5, 0.6) is 0 Å². The highest BCUT2D eigenvalue weighted by molar-refractivity contribution is 7.93. The van der Waals surface area contributed by atoms with Gasteiger partial charge in [-0.15, -0.1) is 0 Å². The Morgan fingerprint density at radius 3 is 2.23 bits per heavy atom. The summed E-state index contributed by atoms with van der Waals surface area (Å²) in [5, 5.41) is 5.76. The summed E-state index contributed by atoms with van der Waals surface area (Å²) < 4.78 is 24.9. The van der Waals surface area contributed by atoms with Gasteiger partial charge >= 0.3 is 6.03 Å². The van der Waals surface area contributed by atoms with Crippen LogP contribution in [0.15, 0.2) is 60.7 Å². The van der Waals surface area contributed by atoms with Crippen LogP contribution < -0.4 is 10.6 Å². The number of amides is 3. The van der Waals surface area contributed by atoms with Crippen molar-refractivity contribution in [2.75, 3.05) is 24.2 Å². The van der Waals surface area contributed by atoms with E-state index in [1.54, 1.807) is 17.0 Å². The van der Waals surface area contributed by atoms with Crippen molar-refractivity contribution in [1.82, 2.24) is 10.2 Å². The standard InChI is InChI=1S/C23H27N3O4S/c27-21(25-19-9-5-2-6-10-19)20-11-16-31(29,30)23(20)12-14-26(15-13-23)22(28)24-17-18-7-3-1-4-8-18/h1-10,20H,11-17H2,(H,24,28)(H,25,27)/t20-/m1/s1. The zero-order valence-corrected chi connectivity index (χ0v) is 18.1. The van der Waals surface area contributed by atoms with E-state index < -0.39 is 20.5 Å². The van der Waals surface area contributed by atoms with E-state index in [2.05, 4.69) is 10.6 Å². The Morgan fingerprint density at radius 1 is 0.968 bits per heavy atom. The molecule has 0 saturated carbocycles. The second-order valence-electron chi connectivity index (χ2n) is 8.21. The van der Waals surface area contributed by atoms with Gasteiger partial charge in [-0.3, -0.25) is 4.79 Å². The Bertz CT molecular complexity index is 1030. The number of hydrogen-bond donors (Lipinski definition) is 2. The molecule has 31 heavy (non-hydrogen) atoms. The summed E-state index contributed by atoms with van der Waals surface area (Å²) >= 11 is 0. The Hall–Kier alpha value is -2.87. The number of piperidine rings is 1. The van der Waals surface area contributed by atoms with Crippen molar-refractivity contribution < 1.29 is 18.0 Å². The molecule has 2 aromatic rings. The smallest absolute Gasteiger partial charge is 0.317 e. The number of benzene rings is 2. The molecule has 2 aliphatic heterocycles. The molecule has 1 spiro atoms. The molecule has 164 valence electrons. The molecule has 0 radical (unpaired) electrons. The van der Waals surface area contributed by atoms with Gasteiger partial charge in [0.15, 0.2) is 9.84 Å². The first-order valence-corrected chi connectivity index (χ1v) is 12.2. The number of rotatable bonds is 4. The van der Waals surface area contributed by atoms with Crippen LogP contribution in [0, 0.1) is 5.92 Å². The number of sulfone groups is 1. The number of nitrogens with one attached hydrogen (secondary N) is 2.